The highest BCUT2D eigenvalue weighted by molar-refractivity contribution is 9.10. The Morgan fingerprint density at radius 3 is 2.38 bits per heavy atom. The first-order chi connectivity index (χ1) is 25.7. The number of amides is 1. The number of anilines is 4. The second-order valence-electron chi connectivity index (χ2n) is 14.7. The molecule has 1 amide bonds. The van der Waals surface area contributed by atoms with E-state index in [0.29, 0.717) is 35.2 Å². The van der Waals surface area contributed by atoms with Gasteiger partial charge in [-0.2, -0.15) is 23.3 Å². The van der Waals surface area contributed by atoms with Crippen LogP contribution in [0.25, 0.3) is 0 Å². The summed E-state index contributed by atoms with van der Waals surface area (Å²) in [7, 11) is 0.295. The van der Waals surface area contributed by atoms with E-state index in [4.69, 9.17) is 18.6 Å². The molecule has 294 valence electrons. The van der Waals surface area contributed by atoms with Gasteiger partial charge >= 0.3 is 21.3 Å². The normalized spacial score (nSPS) is 15.5. The predicted molar refractivity (Wildman–Crippen MR) is 206 cm³/mol. The molecule has 1 saturated heterocycles. The summed E-state index contributed by atoms with van der Waals surface area (Å²) >= 11 is 3.17. The molecule has 1 aliphatic heterocycles. The van der Waals surface area contributed by atoms with E-state index in [-0.39, 0.29) is 30.1 Å². The molecule has 1 unspecified atom stereocenters. The van der Waals surface area contributed by atoms with Crippen LogP contribution >= 0.6 is 24.0 Å². The van der Waals surface area contributed by atoms with Crippen molar-refractivity contribution in [2.45, 2.75) is 71.9 Å². The lowest BCUT2D eigenvalue weighted by Gasteiger charge is -2.32. The van der Waals surface area contributed by atoms with Crippen molar-refractivity contribution < 1.29 is 41.1 Å². The molecule has 4 heterocycles. The van der Waals surface area contributed by atoms with E-state index in [1.807, 2.05) is 47.7 Å². The molecule has 1 aromatic carbocycles. The average molecular weight is 850 g/mol. The van der Waals surface area contributed by atoms with Gasteiger partial charge in [0.15, 0.2) is 11.9 Å². The molecule has 3 aromatic heterocycles. The van der Waals surface area contributed by atoms with Crippen LogP contribution in [0.2, 0.25) is 0 Å². The van der Waals surface area contributed by atoms with Gasteiger partial charge in [0.2, 0.25) is 5.95 Å². The number of rotatable bonds is 15. The fourth-order valence-corrected chi connectivity index (χ4v) is 6.77. The van der Waals surface area contributed by atoms with Crippen molar-refractivity contribution in [1.82, 2.24) is 30.0 Å². The van der Waals surface area contributed by atoms with E-state index in [1.54, 1.807) is 29.1 Å². The zero-order chi connectivity index (χ0) is 40.3. The number of nitrogens with one attached hydrogen (secondary N) is 3. The third-order valence-corrected chi connectivity index (χ3v) is 10.6. The van der Waals surface area contributed by atoms with Gasteiger partial charge < -0.3 is 30.0 Å². The fraction of sp³-hybridized carbons (Fsp3) is 0.457. The molecule has 1 aliphatic rings. The van der Waals surface area contributed by atoms with E-state index in [9.17, 15) is 22.5 Å². The Bertz CT molecular complexity index is 2040. The van der Waals surface area contributed by atoms with Crippen LogP contribution in [0.3, 0.4) is 0 Å². The molecule has 3 N–H and O–H groups in total. The smallest absolute Gasteiger partial charge is 0.495 e. The lowest BCUT2D eigenvalue weighted by molar-refractivity contribution is -0.137. The van der Waals surface area contributed by atoms with Crippen molar-refractivity contribution in [3.8, 4) is 5.75 Å². The zero-order valence-electron chi connectivity index (χ0n) is 31.7. The molecule has 4 aromatic rings. The minimum atomic E-state index is -4.81. The molecule has 14 nitrogen and oxygen atoms in total. The monoisotopic (exact) mass is 849 g/mol. The molecule has 0 aliphatic carbocycles. The number of hydrogen-bond acceptors (Lipinski definition) is 12. The van der Waals surface area contributed by atoms with Crippen LogP contribution in [0.1, 0.15) is 63.2 Å². The van der Waals surface area contributed by atoms with Gasteiger partial charge in [-0.3, -0.25) is 9.48 Å². The molecular weight excluding hydrogens is 807 g/mol. The van der Waals surface area contributed by atoms with E-state index in [1.165, 1.54) is 26.3 Å². The summed E-state index contributed by atoms with van der Waals surface area (Å²) in [5, 5.41) is 12.4. The minimum absolute atomic E-state index is 0.00356. The maximum absolute atomic E-state index is 14.0. The summed E-state index contributed by atoms with van der Waals surface area (Å²) in [5.74, 6) is -1.04. The molecule has 0 saturated carbocycles. The Morgan fingerprint density at radius 2 is 1.73 bits per heavy atom. The number of aromatic nitrogens is 5. The minimum Gasteiger partial charge on any atom is -0.495 e. The summed E-state index contributed by atoms with van der Waals surface area (Å²) in [6.45, 7) is 12.7. The predicted octanol–water partition coefficient (Wildman–Crippen LogP) is 7.03. The highest BCUT2D eigenvalue weighted by atomic mass is 79.9. The Labute approximate surface area is 326 Å². The summed E-state index contributed by atoms with van der Waals surface area (Å²) in [4.78, 5) is 24.4. The van der Waals surface area contributed by atoms with E-state index in [2.05, 4.69) is 51.9 Å². The van der Waals surface area contributed by atoms with Gasteiger partial charge in [0.05, 0.1) is 29.7 Å². The topological polar surface area (TPSA) is 164 Å². The Morgan fingerprint density at radius 1 is 1.04 bits per heavy atom. The zero-order valence-corrected chi connectivity index (χ0v) is 34.1. The quantitative estimate of drug-likeness (QED) is 0.0637. The lowest BCUT2D eigenvalue weighted by Crippen LogP contribution is -2.41. The first kappa shape index (κ1) is 42.0. The van der Waals surface area contributed by atoms with Crippen LogP contribution < -0.4 is 26.2 Å². The number of pyridine rings is 1. The van der Waals surface area contributed by atoms with Crippen LogP contribution in [0, 0.1) is 5.41 Å². The van der Waals surface area contributed by atoms with Crippen molar-refractivity contribution in [3.63, 3.8) is 0 Å². The molecular formula is C35H43BBrF3N8O6P+. The molecule has 55 heavy (non-hydrogen) atoms. The van der Waals surface area contributed by atoms with Crippen molar-refractivity contribution in [2.75, 3.05) is 37.6 Å². The van der Waals surface area contributed by atoms with Crippen molar-refractivity contribution in [1.29, 1.82) is 0 Å². The standard InChI is InChI=1S/C35H42BBrF3N8O6P/c1-32(2,19-48-18-22(16-43-48)36-53-33(3,4)34(5,6)54-36)20-52-55(50)14-13-21-9-10-24(26(15-21)51-8)45-31-42-17-23(35(38,39)40)29(47-31)44-25-11-12-27(37)46-28(25)30(49)41-7/h9-12,15-18H,13-14,19-20H2,1-8H3,(H2-,41,42,44,45,47,49)/p+1. The molecule has 20 heteroatoms. The SMILES string of the molecule is CNC(=O)c1nc(Br)ccc1Nc1nc(Nc2ccc(CC[P+](=O)OCC(C)(C)Cn3cc(B4OC(C)(C)C(C)(C)O4)cn3)cc2OC)ncc1C(F)(F)F. The maximum atomic E-state index is 14.0. The summed E-state index contributed by atoms with van der Waals surface area (Å²) in [6.07, 6.45) is 0.0965. The first-order valence-corrected chi connectivity index (χ1v) is 19.4. The van der Waals surface area contributed by atoms with Crippen molar-refractivity contribution in [2.24, 2.45) is 5.41 Å². The summed E-state index contributed by atoms with van der Waals surface area (Å²) in [5.41, 5.74) is -0.633. The number of aryl methyl sites for hydroxylation is 1. The number of nitrogens with zero attached hydrogens (tertiary/aromatic N) is 5. The van der Waals surface area contributed by atoms with Crippen LogP contribution in [0.4, 0.5) is 36.3 Å². The van der Waals surface area contributed by atoms with Gasteiger partial charge in [-0.25, -0.2) is 9.97 Å². The van der Waals surface area contributed by atoms with Gasteiger partial charge in [0.1, 0.15) is 28.3 Å². The molecule has 1 fully saturated rings. The van der Waals surface area contributed by atoms with Crippen molar-refractivity contribution in [3.05, 3.63) is 70.3 Å². The van der Waals surface area contributed by atoms with E-state index >= 15 is 0 Å². The van der Waals surface area contributed by atoms with Gasteiger partial charge in [-0.1, -0.05) is 19.9 Å². The number of halogens is 4. The molecule has 1 atom stereocenters. The molecule has 5 rings (SSSR count). The van der Waals surface area contributed by atoms with Crippen LogP contribution in [-0.4, -0.2) is 75.9 Å². The Kier molecular flexibility index (Phi) is 12.6. The Balaban J connectivity index is 1.19. The molecule has 0 spiro atoms. The second kappa shape index (κ2) is 16.5. The maximum Gasteiger partial charge on any atom is 0.508 e. The molecule has 0 radical (unpaired) electrons. The third-order valence-electron chi connectivity index (χ3n) is 9.11. The first-order valence-electron chi connectivity index (χ1n) is 17.2. The number of hydrogen-bond donors (Lipinski definition) is 3. The number of ether oxygens (including phenoxy) is 1. The van der Waals surface area contributed by atoms with Crippen LogP contribution in [-0.2, 0) is 37.5 Å². The van der Waals surface area contributed by atoms with Crippen LogP contribution in [0.5, 0.6) is 5.75 Å². The largest absolute Gasteiger partial charge is 0.508 e. The number of benzene rings is 1. The number of carbonyl (C=O) groups excluding carboxylic acids is 1. The van der Waals surface area contributed by atoms with E-state index in [0.717, 1.165) is 11.0 Å². The van der Waals surface area contributed by atoms with Crippen LogP contribution in [0.15, 0.2) is 53.5 Å². The average Bonchev–Trinajstić information content (AvgIpc) is 3.66. The number of carbonyl (C=O) groups is 1. The van der Waals surface area contributed by atoms with Gasteiger partial charge in [0.25, 0.3) is 5.91 Å². The summed E-state index contributed by atoms with van der Waals surface area (Å²) in [6, 6.07) is 8.01. The third kappa shape index (κ3) is 10.4. The Hall–Kier alpha value is -4.16. The highest BCUT2D eigenvalue weighted by Crippen LogP contribution is 2.38. The lowest BCUT2D eigenvalue weighted by atomic mass is 9.82. The van der Waals surface area contributed by atoms with Gasteiger partial charge in [0, 0.05) is 49.5 Å². The summed E-state index contributed by atoms with van der Waals surface area (Å²) < 4.78 is 80.5. The number of methoxy groups -OCH3 is 1. The van der Waals surface area contributed by atoms with E-state index < -0.39 is 55.2 Å². The number of alkyl halides is 3. The fourth-order valence-electron chi connectivity index (χ4n) is 5.40. The van der Waals surface area contributed by atoms with Crippen molar-refractivity contribution >= 4 is 65.6 Å². The van der Waals surface area contributed by atoms with Gasteiger partial charge in [-0.05, 0) is 78.0 Å². The second-order valence-corrected chi connectivity index (χ2v) is 16.8. The highest BCUT2D eigenvalue weighted by Gasteiger charge is 2.52. The van der Waals surface area contributed by atoms with Gasteiger partial charge in [-0.15, -0.1) is 4.52 Å². The molecule has 0 bridgehead atoms.